The molecule has 1 fully saturated rings. The number of aromatic nitrogens is 1. The summed E-state index contributed by atoms with van der Waals surface area (Å²) >= 11 is 0. The smallest absolute Gasteiger partial charge is 0.343 e. The molecule has 9 heteroatoms. The number of urea groups is 1. The maximum Gasteiger partial charge on any atom is 0.343 e. The molecule has 0 atom stereocenters. The van der Waals surface area contributed by atoms with Gasteiger partial charge in [-0.3, -0.25) is 5.21 Å². The zero-order valence-electron chi connectivity index (χ0n) is 18.8. The first-order chi connectivity index (χ1) is 15.8. The van der Waals surface area contributed by atoms with Gasteiger partial charge in [0.1, 0.15) is 22.8 Å². The molecule has 1 aromatic heterocycles. The lowest BCUT2D eigenvalue weighted by atomic mass is 9.91. The maximum absolute atomic E-state index is 12.0. The van der Waals surface area contributed by atoms with Gasteiger partial charge in [-0.25, -0.2) is 14.8 Å². The molecule has 2 amide bonds. The lowest BCUT2D eigenvalue weighted by Crippen LogP contribution is -2.48. The van der Waals surface area contributed by atoms with E-state index in [1.807, 2.05) is 48.5 Å². The van der Waals surface area contributed by atoms with E-state index in [-0.39, 0.29) is 31.8 Å². The van der Waals surface area contributed by atoms with Crippen LogP contribution < -0.4 is 9.47 Å². The normalized spacial score (nSPS) is 15.2. The number of hydroxylamine groups is 2. The van der Waals surface area contributed by atoms with Crippen molar-refractivity contribution < 1.29 is 29.0 Å². The van der Waals surface area contributed by atoms with Gasteiger partial charge < -0.3 is 23.9 Å². The Labute approximate surface area is 191 Å². The number of amides is 2. The van der Waals surface area contributed by atoms with E-state index >= 15 is 0 Å². The zero-order chi connectivity index (χ0) is 23.6. The highest BCUT2D eigenvalue weighted by molar-refractivity contribution is 5.77. The third kappa shape index (κ3) is 4.50. The van der Waals surface area contributed by atoms with Crippen molar-refractivity contribution in [2.24, 2.45) is 0 Å². The Hall–Kier alpha value is -3.56. The number of methoxy groups -OCH3 is 2. The van der Waals surface area contributed by atoms with E-state index in [2.05, 4.69) is 0 Å². The van der Waals surface area contributed by atoms with Gasteiger partial charge in [-0.05, 0) is 48.5 Å². The first kappa shape index (κ1) is 22.6. The Balaban J connectivity index is 1.70. The summed E-state index contributed by atoms with van der Waals surface area (Å²) in [7, 11) is 4.48. The highest BCUT2D eigenvalue weighted by Gasteiger charge is 2.41. The molecule has 1 aliphatic heterocycles. The van der Waals surface area contributed by atoms with Crippen molar-refractivity contribution in [1.82, 2.24) is 14.9 Å². The largest absolute Gasteiger partial charge is 0.497 e. The number of rotatable bonds is 5. The van der Waals surface area contributed by atoms with Crippen LogP contribution in [0, 0.1) is 0 Å². The summed E-state index contributed by atoms with van der Waals surface area (Å²) in [6.07, 6.45) is 0.467. The summed E-state index contributed by atoms with van der Waals surface area (Å²) in [6, 6.07) is 14.3. The van der Waals surface area contributed by atoms with Gasteiger partial charge in [-0.1, -0.05) is 0 Å². The van der Waals surface area contributed by atoms with E-state index in [1.54, 1.807) is 14.2 Å². The van der Waals surface area contributed by atoms with Crippen LogP contribution in [0.4, 0.5) is 4.79 Å². The van der Waals surface area contributed by atoms with Crippen molar-refractivity contribution in [3.05, 3.63) is 54.4 Å². The zero-order valence-corrected chi connectivity index (χ0v) is 18.8. The third-order valence-corrected chi connectivity index (χ3v) is 5.88. The second kappa shape index (κ2) is 9.13. The van der Waals surface area contributed by atoms with Gasteiger partial charge in [0.25, 0.3) is 0 Å². The van der Waals surface area contributed by atoms with Crippen LogP contribution in [0.3, 0.4) is 0 Å². The fourth-order valence-electron chi connectivity index (χ4n) is 3.89. The molecule has 1 aliphatic rings. The first-order valence-corrected chi connectivity index (χ1v) is 10.6. The number of nitrogens with zero attached hydrogens (tertiary/aromatic N) is 3. The average molecular weight is 453 g/mol. The second-order valence-electron chi connectivity index (χ2n) is 7.98. The summed E-state index contributed by atoms with van der Waals surface area (Å²) in [4.78, 5) is 18.2. The SMILES string of the molecule is COc1ccc(-c2nc(C3(O)CCN(C(=O)N(C)O)CC3)oc2-c2ccc(OC)cc2)cc1. The van der Waals surface area contributed by atoms with Crippen LogP contribution in [-0.4, -0.2) is 65.6 Å². The molecular weight excluding hydrogens is 426 g/mol. The minimum absolute atomic E-state index is 0.198. The molecule has 2 aromatic carbocycles. The quantitative estimate of drug-likeness (QED) is 0.447. The summed E-state index contributed by atoms with van der Waals surface area (Å²) in [5.41, 5.74) is 0.865. The van der Waals surface area contributed by atoms with Gasteiger partial charge in [-0.15, -0.1) is 0 Å². The van der Waals surface area contributed by atoms with Crippen LogP contribution in [0.25, 0.3) is 22.6 Å². The highest BCUT2D eigenvalue weighted by Crippen LogP contribution is 2.40. The molecule has 33 heavy (non-hydrogen) atoms. The first-order valence-electron chi connectivity index (χ1n) is 10.6. The van der Waals surface area contributed by atoms with Crippen molar-refractivity contribution in [2.75, 3.05) is 34.4 Å². The highest BCUT2D eigenvalue weighted by atomic mass is 16.5. The number of carbonyl (C=O) groups is 1. The van der Waals surface area contributed by atoms with Gasteiger partial charge in [-0.2, -0.15) is 0 Å². The lowest BCUT2D eigenvalue weighted by molar-refractivity contribution is -0.0639. The molecule has 0 unspecified atom stereocenters. The van der Waals surface area contributed by atoms with Gasteiger partial charge in [0.15, 0.2) is 5.76 Å². The van der Waals surface area contributed by atoms with E-state index in [9.17, 15) is 15.1 Å². The van der Waals surface area contributed by atoms with Crippen LogP contribution in [0.15, 0.2) is 52.9 Å². The van der Waals surface area contributed by atoms with Gasteiger partial charge in [0.05, 0.1) is 14.2 Å². The lowest BCUT2D eigenvalue weighted by Gasteiger charge is -2.36. The minimum atomic E-state index is -1.34. The van der Waals surface area contributed by atoms with E-state index in [0.717, 1.165) is 16.9 Å². The summed E-state index contributed by atoms with van der Waals surface area (Å²) in [5.74, 6) is 2.16. The number of benzene rings is 2. The van der Waals surface area contributed by atoms with Crippen LogP contribution in [0.2, 0.25) is 0 Å². The van der Waals surface area contributed by atoms with Crippen molar-refractivity contribution in [1.29, 1.82) is 0 Å². The molecule has 0 aliphatic carbocycles. The Morgan fingerprint density at radius 2 is 1.52 bits per heavy atom. The number of likely N-dealkylation sites (tertiary alicyclic amines) is 1. The number of hydrogen-bond acceptors (Lipinski definition) is 7. The number of ether oxygens (including phenoxy) is 2. The van der Waals surface area contributed by atoms with E-state index < -0.39 is 11.6 Å². The van der Waals surface area contributed by atoms with E-state index in [0.29, 0.717) is 22.3 Å². The van der Waals surface area contributed by atoms with Crippen LogP contribution in [0.5, 0.6) is 11.5 Å². The van der Waals surface area contributed by atoms with Crippen LogP contribution in [-0.2, 0) is 5.60 Å². The fraction of sp³-hybridized carbons (Fsp3) is 0.333. The standard InChI is InChI=1S/C24H27N3O6/c1-26(30)23(28)27-14-12-24(29,13-15-27)22-25-20(16-4-8-18(31-2)9-5-16)21(33-22)17-6-10-19(32-3)11-7-17/h4-11,29-30H,12-15H2,1-3H3. The molecule has 2 N–H and O–H groups in total. The Bertz CT molecular complexity index is 1040. The third-order valence-electron chi connectivity index (χ3n) is 5.88. The molecule has 2 heterocycles. The van der Waals surface area contributed by atoms with Crippen LogP contribution >= 0.6 is 0 Å². The predicted molar refractivity (Wildman–Crippen MR) is 120 cm³/mol. The molecule has 0 radical (unpaired) electrons. The van der Waals surface area contributed by atoms with Crippen molar-refractivity contribution in [3.8, 4) is 34.1 Å². The average Bonchev–Trinajstić information content (AvgIpc) is 3.30. The summed E-state index contributed by atoms with van der Waals surface area (Å²) in [5, 5.41) is 21.3. The molecule has 3 aromatic rings. The number of piperidine rings is 1. The summed E-state index contributed by atoms with van der Waals surface area (Å²) < 4.78 is 16.7. The molecule has 0 saturated carbocycles. The topological polar surface area (TPSA) is 109 Å². The predicted octanol–water partition coefficient (Wildman–Crippen LogP) is 3.75. The molecule has 9 nitrogen and oxygen atoms in total. The number of aliphatic hydroxyl groups is 1. The molecular formula is C24H27N3O6. The van der Waals surface area contributed by atoms with Gasteiger partial charge >= 0.3 is 6.03 Å². The molecule has 4 rings (SSSR count). The number of oxazole rings is 1. The summed E-state index contributed by atoms with van der Waals surface area (Å²) in [6.45, 7) is 0.525. The number of hydrogen-bond donors (Lipinski definition) is 2. The number of carbonyl (C=O) groups excluding carboxylic acids is 1. The van der Waals surface area contributed by atoms with Crippen molar-refractivity contribution in [2.45, 2.75) is 18.4 Å². The Morgan fingerprint density at radius 3 is 2.00 bits per heavy atom. The maximum atomic E-state index is 12.0. The van der Waals surface area contributed by atoms with E-state index in [4.69, 9.17) is 18.9 Å². The van der Waals surface area contributed by atoms with Crippen LogP contribution in [0.1, 0.15) is 18.7 Å². The molecule has 174 valence electrons. The molecule has 1 saturated heterocycles. The molecule has 0 bridgehead atoms. The van der Waals surface area contributed by atoms with Gasteiger partial charge in [0.2, 0.25) is 5.89 Å². The molecule has 0 spiro atoms. The van der Waals surface area contributed by atoms with Gasteiger partial charge in [0, 0.05) is 44.1 Å². The van der Waals surface area contributed by atoms with Crippen molar-refractivity contribution >= 4 is 6.03 Å². The Morgan fingerprint density at radius 1 is 1.00 bits per heavy atom. The second-order valence-corrected chi connectivity index (χ2v) is 7.98. The van der Waals surface area contributed by atoms with Crippen molar-refractivity contribution in [3.63, 3.8) is 0 Å². The van der Waals surface area contributed by atoms with E-state index in [1.165, 1.54) is 11.9 Å². The Kier molecular flexibility index (Phi) is 6.26. The fourth-order valence-corrected chi connectivity index (χ4v) is 3.89. The monoisotopic (exact) mass is 453 g/mol. The minimum Gasteiger partial charge on any atom is -0.497 e.